The summed E-state index contributed by atoms with van der Waals surface area (Å²) in [5, 5.41) is 1.77. The maximum atomic E-state index is 11.3. The van der Waals surface area contributed by atoms with E-state index in [1.54, 1.807) is 6.07 Å². The van der Waals surface area contributed by atoms with Crippen LogP contribution in [-0.2, 0) is 4.57 Å². The zero-order valence-electron chi connectivity index (χ0n) is 13.6. The maximum Gasteiger partial charge on any atom is 0.524 e. The average molecular weight is 335 g/mol. The fraction of sp³-hybridized carbons (Fsp3) is 0.412. The van der Waals surface area contributed by atoms with Crippen molar-refractivity contribution in [3.05, 3.63) is 35.9 Å². The lowest BCUT2D eigenvalue weighted by Gasteiger charge is -2.25. The van der Waals surface area contributed by atoms with E-state index in [-0.39, 0.29) is 5.75 Å². The van der Waals surface area contributed by atoms with Gasteiger partial charge in [-0.15, -0.1) is 0 Å². The smallest absolute Gasteiger partial charge is 0.404 e. The maximum absolute atomic E-state index is 11.3. The Morgan fingerprint density at radius 1 is 1.30 bits per heavy atom. The van der Waals surface area contributed by atoms with Gasteiger partial charge in [0.1, 0.15) is 5.75 Å². The van der Waals surface area contributed by atoms with Gasteiger partial charge in [0.25, 0.3) is 0 Å². The van der Waals surface area contributed by atoms with Gasteiger partial charge >= 0.3 is 7.82 Å². The van der Waals surface area contributed by atoms with Crippen molar-refractivity contribution in [2.45, 2.75) is 39.2 Å². The van der Waals surface area contributed by atoms with Crippen molar-refractivity contribution in [3.8, 4) is 5.75 Å². The summed E-state index contributed by atoms with van der Waals surface area (Å²) in [6.07, 6.45) is 1.03. The summed E-state index contributed by atoms with van der Waals surface area (Å²) in [7, 11) is -4.60. The van der Waals surface area contributed by atoms with Crippen LogP contribution in [0.3, 0.4) is 0 Å². The van der Waals surface area contributed by atoms with E-state index in [2.05, 4.69) is 25.7 Å². The first-order valence-electron chi connectivity index (χ1n) is 7.89. The number of fused-ring (bicyclic) bond motifs is 3. The van der Waals surface area contributed by atoms with Crippen LogP contribution in [0.1, 0.15) is 38.7 Å². The van der Waals surface area contributed by atoms with Gasteiger partial charge in [0.2, 0.25) is 0 Å². The normalized spacial score (nSPS) is 17.8. The third-order valence-corrected chi connectivity index (χ3v) is 4.93. The summed E-state index contributed by atoms with van der Waals surface area (Å²) in [5.74, 6) is 0.663. The van der Waals surface area contributed by atoms with E-state index in [9.17, 15) is 14.4 Å². The molecular weight excluding hydrogens is 313 g/mol. The van der Waals surface area contributed by atoms with E-state index < -0.39 is 7.82 Å². The summed E-state index contributed by atoms with van der Waals surface area (Å²) < 4.78 is 16.3. The minimum Gasteiger partial charge on any atom is -0.404 e. The molecule has 0 aliphatic carbocycles. The topological polar surface area (TPSA) is 70.0 Å². The van der Waals surface area contributed by atoms with Gasteiger partial charge in [-0.3, -0.25) is 9.79 Å². The van der Waals surface area contributed by atoms with Gasteiger partial charge in [0.15, 0.2) is 0 Å². The minimum absolute atomic E-state index is 0.245. The first kappa shape index (κ1) is 16.3. The first-order valence-corrected chi connectivity index (χ1v) is 9.42. The number of phosphoric ester groups is 1. The molecule has 1 heterocycles. The Balaban J connectivity index is 2.28. The lowest BCUT2D eigenvalue weighted by molar-refractivity contribution is 0.284. The molecule has 0 fully saturated rings. The van der Waals surface area contributed by atoms with Crippen LogP contribution < -0.4 is 9.42 Å². The molecule has 0 bridgehead atoms. The Morgan fingerprint density at radius 3 is 2.52 bits per heavy atom. The van der Waals surface area contributed by atoms with Crippen molar-refractivity contribution in [2.75, 3.05) is 11.4 Å². The molecule has 124 valence electrons. The first-order chi connectivity index (χ1) is 10.8. The third kappa shape index (κ3) is 2.97. The van der Waals surface area contributed by atoms with E-state index in [0.29, 0.717) is 12.0 Å². The van der Waals surface area contributed by atoms with Crippen LogP contribution in [0.25, 0.3) is 10.8 Å². The lowest BCUT2D eigenvalue weighted by Crippen LogP contribution is -2.29. The van der Waals surface area contributed by atoms with Crippen LogP contribution in [0.4, 0.5) is 5.69 Å². The zero-order chi connectivity index (χ0) is 16.8. The van der Waals surface area contributed by atoms with E-state index in [0.717, 1.165) is 29.4 Å². The van der Waals surface area contributed by atoms with Gasteiger partial charge < -0.3 is 9.42 Å². The highest BCUT2D eigenvalue weighted by atomic mass is 31.2. The number of phosphoric acid groups is 1. The Labute approximate surface area is 136 Å². The highest BCUT2D eigenvalue weighted by Gasteiger charge is 2.32. The molecule has 1 unspecified atom stereocenters. The molecule has 1 aliphatic heterocycles. The van der Waals surface area contributed by atoms with Crippen LogP contribution >= 0.6 is 7.82 Å². The SMILES string of the molecule is CCC1CN(C(C)C)c2cc(OP(=O)(O)O)c3ccccc3c21. The number of nitrogens with zero attached hydrogens (tertiary/aromatic N) is 1. The summed E-state index contributed by atoms with van der Waals surface area (Å²) in [5.41, 5.74) is 2.28. The van der Waals surface area contributed by atoms with Crippen molar-refractivity contribution in [2.24, 2.45) is 0 Å². The highest BCUT2D eigenvalue weighted by molar-refractivity contribution is 7.46. The molecule has 1 atom stereocenters. The lowest BCUT2D eigenvalue weighted by atomic mass is 9.93. The van der Waals surface area contributed by atoms with Gasteiger partial charge in [-0.1, -0.05) is 31.2 Å². The molecule has 6 heteroatoms. The molecule has 0 aromatic heterocycles. The number of rotatable bonds is 4. The molecule has 5 nitrogen and oxygen atoms in total. The molecular formula is C17H22NO4P. The molecule has 3 rings (SSSR count). The van der Waals surface area contributed by atoms with E-state index >= 15 is 0 Å². The number of benzene rings is 2. The fourth-order valence-corrected chi connectivity index (χ4v) is 3.88. The van der Waals surface area contributed by atoms with E-state index in [1.807, 2.05) is 24.3 Å². The second-order valence-corrected chi connectivity index (χ2v) is 7.45. The third-order valence-electron chi connectivity index (χ3n) is 4.49. The summed E-state index contributed by atoms with van der Waals surface area (Å²) in [6, 6.07) is 9.77. The molecule has 2 aromatic carbocycles. The Bertz CT molecular complexity index is 784. The quantitative estimate of drug-likeness (QED) is 0.826. The van der Waals surface area contributed by atoms with Crippen LogP contribution in [0.15, 0.2) is 30.3 Å². The minimum atomic E-state index is -4.60. The molecule has 1 aliphatic rings. The van der Waals surface area contributed by atoms with Gasteiger partial charge in [0, 0.05) is 35.6 Å². The average Bonchev–Trinajstić information content (AvgIpc) is 2.85. The van der Waals surface area contributed by atoms with E-state index in [4.69, 9.17) is 4.52 Å². The number of hydrogen-bond donors (Lipinski definition) is 2. The van der Waals surface area contributed by atoms with Crippen molar-refractivity contribution in [1.29, 1.82) is 0 Å². The monoisotopic (exact) mass is 335 g/mol. The predicted octanol–water partition coefficient (Wildman–Crippen LogP) is 4.03. The second-order valence-electron chi connectivity index (χ2n) is 6.29. The van der Waals surface area contributed by atoms with Crippen molar-refractivity contribution in [1.82, 2.24) is 0 Å². The molecule has 0 saturated heterocycles. The number of anilines is 1. The largest absolute Gasteiger partial charge is 0.524 e. The molecule has 0 spiro atoms. The van der Waals surface area contributed by atoms with Crippen molar-refractivity contribution < 1.29 is 18.9 Å². The summed E-state index contributed by atoms with van der Waals surface area (Å²) in [4.78, 5) is 20.7. The standard InChI is InChI=1S/C17H22NO4P/c1-4-12-10-18(11(2)3)15-9-16(22-23(19,20)21)13-7-5-6-8-14(13)17(12)15/h5-9,11-12H,4,10H2,1-3H3,(H2,19,20,21). The molecule has 0 radical (unpaired) electrons. The summed E-state index contributed by atoms with van der Waals surface area (Å²) in [6.45, 7) is 7.35. The van der Waals surface area contributed by atoms with Gasteiger partial charge in [0.05, 0.1) is 0 Å². The van der Waals surface area contributed by atoms with Crippen molar-refractivity contribution >= 4 is 24.3 Å². The molecule has 0 amide bonds. The van der Waals surface area contributed by atoms with Crippen LogP contribution in [-0.4, -0.2) is 22.4 Å². The summed E-state index contributed by atoms with van der Waals surface area (Å²) >= 11 is 0. The van der Waals surface area contributed by atoms with E-state index in [1.165, 1.54) is 5.56 Å². The molecule has 23 heavy (non-hydrogen) atoms. The van der Waals surface area contributed by atoms with Crippen LogP contribution in [0.5, 0.6) is 5.75 Å². The molecule has 0 saturated carbocycles. The van der Waals surface area contributed by atoms with Crippen LogP contribution in [0.2, 0.25) is 0 Å². The van der Waals surface area contributed by atoms with Gasteiger partial charge in [-0.05, 0) is 31.2 Å². The molecule has 2 N–H and O–H groups in total. The second kappa shape index (κ2) is 5.82. The zero-order valence-corrected chi connectivity index (χ0v) is 14.5. The Hall–Kier alpha value is -1.55. The van der Waals surface area contributed by atoms with Gasteiger partial charge in [-0.2, -0.15) is 0 Å². The fourth-order valence-electron chi connectivity index (χ4n) is 3.47. The predicted molar refractivity (Wildman–Crippen MR) is 92.1 cm³/mol. The van der Waals surface area contributed by atoms with Gasteiger partial charge in [-0.25, -0.2) is 4.57 Å². The van der Waals surface area contributed by atoms with Crippen LogP contribution in [0, 0.1) is 0 Å². The van der Waals surface area contributed by atoms with Crippen molar-refractivity contribution in [3.63, 3.8) is 0 Å². The number of hydrogen-bond acceptors (Lipinski definition) is 3. The molecule has 2 aromatic rings. The highest BCUT2D eigenvalue weighted by Crippen LogP contribution is 2.49. The Kier molecular flexibility index (Phi) is 4.13. The Morgan fingerprint density at radius 2 is 1.96 bits per heavy atom.